The van der Waals surface area contributed by atoms with Crippen LogP contribution in [0, 0.1) is 0 Å². The van der Waals surface area contributed by atoms with E-state index in [0.717, 1.165) is 51.4 Å². The molecule has 0 aliphatic rings. The number of phosphoric ester groups is 1. The molecule has 0 fully saturated rings. The lowest BCUT2D eigenvalue weighted by Crippen LogP contribution is -2.25. The van der Waals surface area contributed by atoms with Gasteiger partial charge in [0.25, 0.3) is 0 Å². The van der Waals surface area contributed by atoms with Gasteiger partial charge >= 0.3 is 19.8 Å². The van der Waals surface area contributed by atoms with Gasteiger partial charge in [0.1, 0.15) is 25.4 Å². The molecule has 0 aromatic rings. The lowest BCUT2D eigenvalue weighted by molar-refractivity contribution is -0.147. The van der Waals surface area contributed by atoms with Crippen LogP contribution in [0.25, 0.3) is 0 Å². The summed E-state index contributed by atoms with van der Waals surface area (Å²) in [6.07, 6.45) is 43.5. The monoisotopic (exact) mass is 814 g/mol. The van der Waals surface area contributed by atoms with Crippen molar-refractivity contribution in [1.82, 2.24) is 6.15 Å². The van der Waals surface area contributed by atoms with Gasteiger partial charge in [0.05, 0.1) is 13.2 Å². The summed E-state index contributed by atoms with van der Waals surface area (Å²) in [4.78, 5) is 33.8. The highest BCUT2D eigenvalue weighted by Gasteiger charge is 2.25. The molecule has 0 saturated carbocycles. The quantitative estimate of drug-likeness (QED) is 0.0152. The number of carbonyl (C=O) groups is 2. The summed E-state index contributed by atoms with van der Waals surface area (Å²) in [6, 6.07) is 0. The third kappa shape index (κ3) is 42.8. The number of rotatable bonds is 39. The fourth-order valence-corrected chi connectivity index (χ4v) is 6.16. The van der Waals surface area contributed by atoms with Gasteiger partial charge in [-0.3, -0.25) is 18.6 Å². The number of aliphatic hydroxyl groups excluding tert-OH is 2. The molecule has 0 radical (unpaired) electrons. The van der Waals surface area contributed by atoms with Crippen LogP contribution in [0.2, 0.25) is 0 Å². The number of phosphoric acid groups is 1. The fourth-order valence-electron chi connectivity index (χ4n) is 5.36. The summed E-state index contributed by atoms with van der Waals surface area (Å²) in [5, 5.41) is 20.0. The second kappa shape index (κ2) is 42.2. The van der Waals surface area contributed by atoms with Crippen molar-refractivity contribution in [2.24, 2.45) is 0 Å². The first-order valence-corrected chi connectivity index (χ1v) is 22.8. The molecular weight excluding hydrogens is 733 g/mol. The topological polar surface area (TPSA) is 184 Å². The van der Waals surface area contributed by atoms with Gasteiger partial charge in [0.15, 0.2) is 0 Å². The summed E-state index contributed by atoms with van der Waals surface area (Å²) >= 11 is 0. The maximum atomic E-state index is 12.1. The molecule has 0 heterocycles. The minimum atomic E-state index is -4.61. The number of carbonyl (C=O) groups excluding carboxylic acids is 2. The van der Waals surface area contributed by atoms with Crippen molar-refractivity contribution >= 4 is 19.8 Å². The Morgan fingerprint density at radius 2 is 0.804 bits per heavy atom. The maximum absolute atomic E-state index is 12.1. The number of hydrogen-bond acceptors (Lipinski definition) is 10. The Bertz CT molecular complexity index is 1110. The van der Waals surface area contributed by atoms with E-state index >= 15 is 0 Å². The zero-order chi connectivity index (χ0) is 40.5. The normalized spacial score (nSPS) is 14.2. The average molecular weight is 814 g/mol. The molecule has 56 heavy (non-hydrogen) atoms. The van der Waals surface area contributed by atoms with Crippen LogP contribution in [0.5, 0.6) is 0 Å². The highest BCUT2D eigenvalue weighted by atomic mass is 31.2. The Labute approximate surface area is 340 Å². The largest absolute Gasteiger partial charge is 0.472 e. The number of esters is 2. The van der Waals surface area contributed by atoms with Crippen molar-refractivity contribution in [2.45, 2.75) is 180 Å². The molecule has 6 N–H and O–H groups in total. The molecule has 0 saturated heterocycles. The Balaban J connectivity index is 0. The zero-order valence-electron chi connectivity index (χ0n) is 35.1. The molecule has 0 aromatic carbocycles. The lowest BCUT2D eigenvalue weighted by atomic mass is 10.1. The first kappa shape index (κ1) is 55.7. The van der Waals surface area contributed by atoms with Gasteiger partial charge in [-0.2, -0.15) is 0 Å². The minimum absolute atomic E-state index is 0. The highest BCUT2D eigenvalue weighted by Crippen LogP contribution is 2.43. The second-order valence-corrected chi connectivity index (χ2v) is 15.6. The summed E-state index contributed by atoms with van der Waals surface area (Å²) in [6.45, 7) is 2.45. The molecule has 0 bridgehead atoms. The fraction of sp³-hybridized carbons (Fsp3) is 0.727. The summed E-state index contributed by atoms with van der Waals surface area (Å²) in [5.74, 6) is -0.937. The van der Waals surface area contributed by atoms with Gasteiger partial charge in [-0.1, -0.05) is 152 Å². The van der Waals surface area contributed by atoms with Crippen LogP contribution in [0.3, 0.4) is 0 Å². The van der Waals surface area contributed by atoms with Crippen molar-refractivity contribution in [3.63, 3.8) is 0 Å². The number of unbranched alkanes of at least 4 members (excludes halogenated alkanes) is 18. The third-order valence-corrected chi connectivity index (χ3v) is 9.63. The highest BCUT2D eigenvalue weighted by molar-refractivity contribution is 7.47. The van der Waals surface area contributed by atoms with Gasteiger partial charge in [0.2, 0.25) is 0 Å². The van der Waals surface area contributed by atoms with Crippen molar-refractivity contribution in [2.75, 3.05) is 26.4 Å². The van der Waals surface area contributed by atoms with Gasteiger partial charge in [-0.15, -0.1) is 0 Å². The molecule has 3 atom stereocenters. The van der Waals surface area contributed by atoms with Crippen LogP contribution in [-0.4, -0.2) is 65.7 Å². The van der Waals surface area contributed by atoms with Gasteiger partial charge in [-0.05, 0) is 64.2 Å². The number of aliphatic hydroxyl groups is 2. The van der Waals surface area contributed by atoms with Crippen LogP contribution in [-0.2, 0) is 32.7 Å². The van der Waals surface area contributed by atoms with Crippen molar-refractivity contribution in [3.05, 3.63) is 60.8 Å². The molecule has 0 rings (SSSR count). The van der Waals surface area contributed by atoms with Crippen molar-refractivity contribution in [3.8, 4) is 0 Å². The SMILES string of the molecule is CCCCCCC/C=C/C=C/C=C/C=C/CCCCC(=O)OC[C@@H](O)COP(=O)(O)OC[C@H](O)COC(=O)CCCCCCC/C=C\CCCCCCCC.N. The lowest BCUT2D eigenvalue weighted by Gasteiger charge is -2.17. The molecule has 0 aliphatic heterocycles. The van der Waals surface area contributed by atoms with Crippen LogP contribution in [0.15, 0.2) is 60.8 Å². The first-order valence-electron chi connectivity index (χ1n) is 21.3. The average Bonchev–Trinajstić information content (AvgIpc) is 3.17. The minimum Gasteiger partial charge on any atom is -0.463 e. The molecule has 0 amide bonds. The van der Waals surface area contributed by atoms with E-state index in [2.05, 4.69) is 38.2 Å². The Kier molecular flexibility index (Phi) is 42.0. The van der Waals surface area contributed by atoms with E-state index < -0.39 is 51.8 Å². The molecule has 11 nitrogen and oxygen atoms in total. The summed E-state index contributed by atoms with van der Waals surface area (Å²) in [7, 11) is -4.61. The van der Waals surface area contributed by atoms with E-state index in [4.69, 9.17) is 18.5 Å². The third-order valence-electron chi connectivity index (χ3n) is 8.68. The molecule has 12 heteroatoms. The number of allylic oxidation sites excluding steroid dienone is 10. The smallest absolute Gasteiger partial charge is 0.463 e. The molecular formula is C44H80NO10P. The predicted molar refractivity (Wildman–Crippen MR) is 229 cm³/mol. The van der Waals surface area contributed by atoms with Gasteiger partial charge in [-0.25, -0.2) is 4.57 Å². The van der Waals surface area contributed by atoms with E-state index in [1.807, 2.05) is 36.5 Å². The Morgan fingerprint density at radius 1 is 0.482 bits per heavy atom. The number of ether oxygens (including phenoxy) is 2. The second-order valence-electron chi connectivity index (χ2n) is 14.1. The van der Waals surface area contributed by atoms with E-state index in [1.165, 1.54) is 77.0 Å². The van der Waals surface area contributed by atoms with Crippen LogP contribution in [0.4, 0.5) is 0 Å². The summed E-state index contributed by atoms with van der Waals surface area (Å²) < 4.78 is 31.6. The van der Waals surface area contributed by atoms with Gasteiger partial charge in [0, 0.05) is 12.8 Å². The molecule has 0 aromatic heterocycles. The molecule has 326 valence electrons. The predicted octanol–water partition coefficient (Wildman–Crippen LogP) is 11.3. The van der Waals surface area contributed by atoms with E-state index in [0.29, 0.717) is 12.8 Å². The summed E-state index contributed by atoms with van der Waals surface area (Å²) in [5.41, 5.74) is 0. The maximum Gasteiger partial charge on any atom is 0.472 e. The van der Waals surface area contributed by atoms with E-state index in [9.17, 15) is 29.3 Å². The van der Waals surface area contributed by atoms with Crippen molar-refractivity contribution in [1.29, 1.82) is 0 Å². The van der Waals surface area contributed by atoms with Crippen molar-refractivity contribution < 1.29 is 47.8 Å². The van der Waals surface area contributed by atoms with Crippen LogP contribution < -0.4 is 6.15 Å². The molecule has 1 unspecified atom stereocenters. The van der Waals surface area contributed by atoms with Gasteiger partial charge < -0.3 is 30.7 Å². The Hall–Kier alpha value is -2.37. The number of hydrogen-bond donors (Lipinski definition) is 4. The Morgan fingerprint density at radius 3 is 1.23 bits per heavy atom. The van der Waals surface area contributed by atoms with Crippen LogP contribution >= 0.6 is 7.82 Å². The van der Waals surface area contributed by atoms with Crippen LogP contribution in [0.1, 0.15) is 168 Å². The first-order chi connectivity index (χ1) is 26.7. The standard InChI is InChI=1S/C44H77O10P.H3N/c1-3-5-7-9-11-13-15-17-19-20-22-24-26-28-30-32-34-36-44(48)52-38-42(46)40-54-55(49,50)53-39-41(45)37-51-43(47)35-33-31-29-27-25-23-21-18-16-14-12-10-8-6-4-2;/h15,17-22,24,26,28,41-42,45-46H,3-14,16,23,25,27,29-40H2,1-2H3,(H,49,50);1H3/b17-15+,20-19+,21-18-,24-22+,28-26+;/t41-,42-;/m1./s1. The zero-order valence-corrected chi connectivity index (χ0v) is 36.0. The van der Waals surface area contributed by atoms with E-state index in [1.54, 1.807) is 0 Å². The molecule has 0 aliphatic carbocycles. The van der Waals surface area contributed by atoms with E-state index in [-0.39, 0.29) is 25.6 Å². The molecule has 0 spiro atoms.